The van der Waals surface area contributed by atoms with Crippen LogP contribution in [0.2, 0.25) is 0 Å². The molecule has 0 saturated heterocycles. The second kappa shape index (κ2) is 9.41. The van der Waals surface area contributed by atoms with E-state index in [1.165, 1.54) is 16.8 Å². The Labute approximate surface area is 178 Å². The number of nitrogens with two attached hydrogens (primary N) is 1. The summed E-state index contributed by atoms with van der Waals surface area (Å²) in [5, 5.41) is 17.4. The number of aromatic nitrogens is 3. The average Bonchev–Trinajstić information content (AvgIpc) is 3.07. The average molecular weight is 425 g/mol. The summed E-state index contributed by atoms with van der Waals surface area (Å²) in [7, 11) is 0. The predicted molar refractivity (Wildman–Crippen MR) is 115 cm³/mol. The first-order valence-electron chi connectivity index (χ1n) is 9.24. The number of thioether (sulfide) groups is 1. The molecule has 0 spiro atoms. The van der Waals surface area contributed by atoms with Crippen LogP contribution in [0.5, 0.6) is 0 Å². The van der Waals surface area contributed by atoms with Crippen molar-refractivity contribution in [2.45, 2.75) is 25.4 Å². The van der Waals surface area contributed by atoms with Crippen molar-refractivity contribution in [1.82, 2.24) is 14.9 Å². The number of amides is 1. The Hall–Kier alpha value is -3.38. The van der Waals surface area contributed by atoms with Gasteiger partial charge in [0, 0.05) is 17.8 Å². The molecule has 154 valence electrons. The molecular weight excluding hydrogens is 403 g/mol. The molecule has 0 aliphatic rings. The molecule has 0 unspecified atom stereocenters. The normalized spacial score (nSPS) is 10.6. The molecule has 2 N–H and O–H groups in total. The van der Waals surface area contributed by atoms with Crippen LogP contribution in [0.1, 0.15) is 17.5 Å². The molecule has 0 aliphatic carbocycles. The Kier molecular flexibility index (Phi) is 6.69. The van der Waals surface area contributed by atoms with Gasteiger partial charge < -0.3 is 10.7 Å². The van der Waals surface area contributed by atoms with Gasteiger partial charge in [0.2, 0.25) is 11.1 Å². The number of hydrogen-bond donors (Lipinski definition) is 1. The van der Waals surface area contributed by atoms with Gasteiger partial charge >= 0.3 is 0 Å². The van der Waals surface area contributed by atoms with E-state index in [1.54, 1.807) is 17.0 Å². The second-order valence-corrected chi connectivity index (χ2v) is 7.71. The molecule has 0 bridgehead atoms. The van der Waals surface area contributed by atoms with E-state index in [0.29, 0.717) is 23.1 Å². The molecule has 1 aromatic heterocycles. The van der Waals surface area contributed by atoms with Gasteiger partial charge in [-0.3, -0.25) is 4.79 Å². The minimum atomic E-state index is -0.356. The Morgan fingerprint density at radius 2 is 1.87 bits per heavy atom. The van der Waals surface area contributed by atoms with Crippen molar-refractivity contribution in [1.29, 1.82) is 5.26 Å². The number of carbonyl (C=O) groups is 1. The number of benzene rings is 2. The number of aryl methyl sites for hydroxylation is 2. The van der Waals surface area contributed by atoms with Gasteiger partial charge in [0.05, 0.1) is 18.2 Å². The third kappa shape index (κ3) is 4.96. The molecule has 1 heterocycles. The Balaban J connectivity index is 1.75. The molecule has 0 fully saturated rings. The zero-order valence-corrected chi connectivity index (χ0v) is 17.5. The molecule has 0 radical (unpaired) electrons. The molecule has 1 amide bonds. The number of nitrogen functional groups attached to an aromatic ring is 1. The van der Waals surface area contributed by atoms with Crippen molar-refractivity contribution in [2.75, 3.05) is 23.0 Å². The Morgan fingerprint density at radius 3 is 2.50 bits per heavy atom. The highest BCUT2D eigenvalue weighted by Gasteiger charge is 2.19. The van der Waals surface area contributed by atoms with Gasteiger partial charge in [-0.2, -0.15) is 5.26 Å². The summed E-state index contributed by atoms with van der Waals surface area (Å²) < 4.78 is 14.4. The second-order valence-electron chi connectivity index (χ2n) is 6.77. The summed E-state index contributed by atoms with van der Waals surface area (Å²) in [6, 6.07) is 13.7. The highest BCUT2D eigenvalue weighted by molar-refractivity contribution is 7.99. The lowest BCUT2D eigenvalue weighted by Gasteiger charge is -2.22. The van der Waals surface area contributed by atoms with Crippen molar-refractivity contribution < 1.29 is 9.18 Å². The number of hydrogen-bond acceptors (Lipinski definition) is 6. The van der Waals surface area contributed by atoms with E-state index in [1.807, 2.05) is 32.0 Å². The van der Waals surface area contributed by atoms with Crippen molar-refractivity contribution in [3.63, 3.8) is 0 Å². The summed E-state index contributed by atoms with van der Waals surface area (Å²) >= 11 is 1.15. The first-order chi connectivity index (χ1) is 14.4. The van der Waals surface area contributed by atoms with E-state index in [-0.39, 0.29) is 23.9 Å². The third-order valence-corrected chi connectivity index (χ3v) is 5.29. The van der Waals surface area contributed by atoms with Crippen LogP contribution in [0, 0.1) is 31.0 Å². The first kappa shape index (κ1) is 21.3. The molecule has 0 atom stereocenters. The molecule has 9 heteroatoms. The lowest BCUT2D eigenvalue weighted by Crippen LogP contribution is -2.33. The van der Waals surface area contributed by atoms with E-state index < -0.39 is 0 Å². The van der Waals surface area contributed by atoms with E-state index in [4.69, 9.17) is 11.1 Å². The van der Waals surface area contributed by atoms with Gasteiger partial charge in [-0.1, -0.05) is 17.8 Å². The summed E-state index contributed by atoms with van der Waals surface area (Å²) in [6.07, 6.45) is 0.227. The summed E-state index contributed by atoms with van der Waals surface area (Å²) in [5.41, 5.74) is 3.46. The Bertz CT molecular complexity index is 1070. The van der Waals surface area contributed by atoms with Gasteiger partial charge in [-0.15, -0.1) is 10.2 Å². The number of nitrogens with zero attached hydrogens (tertiary/aromatic N) is 5. The van der Waals surface area contributed by atoms with E-state index in [2.05, 4.69) is 16.3 Å². The molecule has 0 aliphatic heterocycles. The van der Waals surface area contributed by atoms with Gasteiger partial charge in [-0.25, -0.2) is 9.07 Å². The number of nitriles is 1. The van der Waals surface area contributed by atoms with Crippen LogP contribution in [0.4, 0.5) is 10.1 Å². The SMILES string of the molecule is Cc1cc(C)cc(N(CCC#N)C(=O)CSc2nnc(-c3ccc(F)cc3)n2N)c1. The fraction of sp³-hybridized carbons (Fsp3) is 0.238. The largest absolute Gasteiger partial charge is 0.335 e. The van der Waals surface area contributed by atoms with Crippen LogP contribution < -0.4 is 10.7 Å². The summed E-state index contributed by atoms with van der Waals surface area (Å²) in [4.78, 5) is 14.5. The minimum Gasteiger partial charge on any atom is -0.335 e. The fourth-order valence-corrected chi connectivity index (χ4v) is 3.77. The van der Waals surface area contributed by atoms with Crippen LogP contribution in [-0.2, 0) is 4.79 Å². The molecule has 3 rings (SSSR count). The highest BCUT2D eigenvalue weighted by Crippen LogP contribution is 2.24. The quantitative estimate of drug-likeness (QED) is 0.460. The Morgan fingerprint density at radius 1 is 1.20 bits per heavy atom. The van der Waals surface area contributed by atoms with E-state index in [0.717, 1.165) is 28.6 Å². The lowest BCUT2D eigenvalue weighted by molar-refractivity contribution is -0.116. The maximum atomic E-state index is 13.1. The van der Waals surface area contributed by atoms with Gasteiger partial charge in [-0.05, 0) is 61.4 Å². The maximum absolute atomic E-state index is 13.1. The van der Waals surface area contributed by atoms with Crippen LogP contribution >= 0.6 is 11.8 Å². The topological polar surface area (TPSA) is 101 Å². The van der Waals surface area contributed by atoms with Crippen LogP contribution in [0.15, 0.2) is 47.6 Å². The standard InChI is InChI=1S/C21H21FN6OS/c1-14-10-15(2)12-18(11-14)27(9-3-8-23)19(29)13-30-21-26-25-20(28(21)24)16-4-6-17(22)7-5-16/h4-7,10-12H,3,9,13,24H2,1-2H3. The van der Waals surface area contributed by atoms with Crippen LogP contribution in [0.25, 0.3) is 11.4 Å². The number of carbonyl (C=O) groups excluding carboxylic acids is 1. The minimum absolute atomic E-state index is 0.0805. The molecule has 2 aromatic carbocycles. The summed E-state index contributed by atoms with van der Waals surface area (Å²) in [6.45, 7) is 4.23. The maximum Gasteiger partial charge on any atom is 0.237 e. The van der Waals surface area contributed by atoms with E-state index >= 15 is 0 Å². The first-order valence-corrected chi connectivity index (χ1v) is 10.2. The molecular formula is C21H21FN6OS. The number of anilines is 1. The van der Waals surface area contributed by atoms with Crippen molar-refractivity contribution >= 4 is 23.4 Å². The molecule has 0 saturated carbocycles. The van der Waals surface area contributed by atoms with Gasteiger partial charge in [0.1, 0.15) is 5.82 Å². The molecule has 7 nitrogen and oxygen atoms in total. The number of halogens is 1. The monoisotopic (exact) mass is 424 g/mol. The molecule has 30 heavy (non-hydrogen) atoms. The van der Waals surface area contributed by atoms with Crippen molar-refractivity contribution in [2.24, 2.45) is 0 Å². The summed E-state index contributed by atoms with van der Waals surface area (Å²) in [5.74, 6) is 6.02. The van der Waals surface area contributed by atoms with Gasteiger partial charge in [0.15, 0.2) is 5.82 Å². The fourth-order valence-electron chi connectivity index (χ4n) is 3.04. The lowest BCUT2D eigenvalue weighted by atomic mass is 10.1. The molecule has 3 aromatic rings. The number of rotatable bonds is 7. The highest BCUT2D eigenvalue weighted by atomic mass is 32.2. The zero-order valence-electron chi connectivity index (χ0n) is 16.7. The van der Waals surface area contributed by atoms with Gasteiger partial charge in [0.25, 0.3) is 0 Å². The van der Waals surface area contributed by atoms with Crippen molar-refractivity contribution in [3.8, 4) is 17.5 Å². The smallest absolute Gasteiger partial charge is 0.237 e. The predicted octanol–water partition coefficient (Wildman–Crippen LogP) is 3.45. The van der Waals surface area contributed by atoms with Crippen LogP contribution in [0.3, 0.4) is 0 Å². The van der Waals surface area contributed by atoms with E-state index in [9.17, 15) is 9.18 Å². The third-order valence-electron chi connectivity index (χ3n) is 4.36. The van der Waals surface area contributed by atoms with Crippen LogP contribution in [-0.4, -0.2) is 33.1 Å². The van der Waals surface area contributed by atoms with Crippen molar-refractivity contribution in [3.05, 3.63) is 59.4 Å². The zero-order chi connectivity index (χ0) is 21.7.